The van der Waals surface area contributed by atoms with Crippen molar-refractivity contribution in [3.8, 4) is 17.1 Å². The fourth-order valence-corrected chi connectivity index (χ4v) is 5.01. The third kappa shape index (κ3) is 8.72. The lowest BCUT2D eigenvalue weighted by atomic mass is 9.84. The van der Waals surface area contributed by atoms with Gasteiger partial charge in [0.25, 0.3) is 0 Å². The maximum atomic E-state index is 10.6. The van der Waals surface area contributed by atoms with Gasteiger partial charge in [-0.3, -0.25) is 9.80 Å². The molecule has 242 valence electrons. The van der Waals surface area contributed by atoms with Gasteiger partial charge in [-0.15, -0.1) is 10.2 Å². The highest BCUT2D eigenvalue weighted by Gasteiger charge is 2.44. The van der Waals surface area contributed by atoms with Crippen LogP contribution in [-0.4, -0.2) is 92.9 Å². The molecular weight excluding hydrogens is 604 g/mol. The van der Waals surface area contributed by atoms with Crippen LogP contribution in [0, 0.1) is 6.92 Å². The first-order valence-corrected chi connectivity index (χ1v) is 13.1. The van der Waals surface area contributed by atoms with Gasteiger partial charge in [0, 0.05) is 25.2 Å². The Morgan fingerprint density at radius 3 is 1.95 bits per heavy atom. The summed E-state index contributed by atoms with van der Waals surface area (Å²) in [4.78, 5) is 22.7. The molecule has 0 saturated carbocycles. The molecule has 44 heavy (non-hydrogen) atoms. The molecule has 2 aliphatic heterocycles. The van der Waals surface area contributed by atoms with Crippen LogP contribution in [0.25, 0.3) is 11.4 Å². The largest absolute Gasteiger partial charge is 0.497 e. The van der Waals surface area contributed by atoms with Crippen molar-refractivity contribution < 1.29 is 55.3 Å². The van der Waals surface area contributed by atoms with Gasteiger partial charge in [0.05, 0.1) is 25.7 Å². The van der Waals surface area contributed by atoms with E-state index in [2.05, 4.69) is 49.8 Å². The van der Waals surface area contributed by atoms with E-state index in [1.807, 2.05) is 25.1 Å². The number of likely N-dealkylation sites (N-methyl/N-ethyl adjacent to an activating group) is 1. The van der Waals surface area contributed by atoms with Crippen molar-refractivity contribution in [1.29, 1.82) is 0 Å². The van der Waals surface area contributed by atoms with Gasteiger partial charge in [-0.1, -0.05) is 0 Å². The number of rotatable bonds is 4. The minimum Gasteiger partial charge on any atom is -0.497 e. The number of furan rings is 1. The second-order valence-electron chi connectivity index (χ2n) is 10.3. The first-order valence-electron chi connectivity index (χ1n) is 13.1. The molecule has 4 heterocycles. The Morgan fingerprint density at radius 1 is 0.955 bits per heavy atom. The molecule has 1 saturated heterocycles. The first-order chi connectivity index (χ1) is 20.4. The zero-order valence-electron chi connectivity index (χ0n) is 23.9. The number of piperidine rings is 1. The molecule has 0 atom stereocenters. The number of carboxylic acid groups (broad SMARTS) is 2. The molecule has 0 radical (unpaired) electrons. The number of hydrogen-bond acceptors (Lipinski definition) is 8. The number of alkyl halides is 6. The Balaban J connectivity index is 0.000000317. The van der Waals surface area contributed by atoms with Crippen LogP contribution in [-0.2, 0) is 28.2 Å². The predicted molar refractivity (Wildman–Crippen MR) is 142 cm³/mol. The lowest BCUT2D eigenvalue weighted by molar-refractivity contribution is -0.193. The molecule has 0 unspecified atom stereocenters. The number of aliphatic carboxylic acids is 2. The van der Waals surface area contributed by atoms with Gasteiger partial charge in [-0.05, 0) is 63.2 Å². The standard InChI is InChI=1S/C23H29N5O2.2C2HF3O2/c1-17-4-7-20(30-17)14-27-12-10-23(11-13-27)16-26(2)15-21-24-25-22(28(21)23)18-5-8-19(29-3)9-6-18;2*3-2(4,5)1(6)7/h4-9H,10-16H2,1-3H3;2*(H,6,7). The second kappa shape index (κ2) is 13.7. The van der Waals surface area contributed by atoms with Crippen molar-refractivity contribution in [3.63, 3.8) is 0 Å². The number of hydrogen-bond donors (Lipinski definition) is 2. The second-order valence-corrected chi connectivity index (χ2v) is 10.3. The summed E-state index contributed by atoms with van der Waals surface area (Å²) < 4.78 is 77.0. The predicted octanol–water partition coefficient (Wildman–Crippen LogP) is 4.56. The molecule has 1 spiro atoms. The number of halogens is 6. The molecule has 11 nitrogen and oxygen atoms in total. The van der Waals surface area contributed by atoms with Crippen molar-refractivity contribution in [2.45, 2.75) is 50.7 Å². The Bertz CT molecular complexity index is 1390. The average Bonchev–Trinajstić information content (AvgIpc) is 3.56. The van der Waals surface area contributed by atoms with Crippen LogP contribution in [0.15, 0.2) is 40.8 Å². The normalized spacial score (nSPS) is 16.7. The van der Waals surface area contributed by atoms with E-state index >= 15 is 0 Å². The molecule has 1 fully saturated rings. The number of methoxy groups -OCH3 is 1. The maximum absolute atomic E-state index is 10.6. The number of aryl methyl sites for hydroxylation is 1. The van der Waals surface area contributed by atoms with Gasteiger partial charge in [-0.2, -0.15) is 26.3 Å². The molecule has 0 amide bonds. The number of aromatic nitrogens is 3. The molecule has 17 heteroatoms. The van der Waals surface area contributed by atoms with Gasteiger partial charge in [0.15, 0.2) is 5.82 Å². The number of likely N-dealkylation sites (tertiary alicyclic amines) is 1. The number of carboxylic acids is 2. The minimum absolute atomic E-state index is 0.0245. The SMILES string of the molecule is COc1ccc(-c2nnc3n2C2(CCN(Cc4ccc(C)o4)CC2)CN(C)C3)cc1.O=C(O)C(F)(F)F.O=C(O)C(F)(F)F. The van der Waals surface area contributed by atoms with Gasteiger partial charge in [0.1, 0.15) is 23.1 Å². The van der Waals surface area contributed by atoms with Crippen molar-refractivity contribution in [3.05, 3.63) is 53.7 Å². The third-order valence-corrected chi connectivity index (χ3v) is 6.98. The van der Waals surface area contributed by atoms with Crippen molar-refractivity contribution in [1.82, 2.24) is 24.6 Å². The van der Waals surface area contributed by atoms with Crippen molar-refractivity contribution >= 4 is 11.9 Å². The smallest absolute Gasteiger partial charge is 0.490 e. The molecule has 0 bridgehead atoms. The quantitative estimate of drug-likeness (QED) is 0.393. The van der Waals surface area contributed by atoms with Crippen LogP contribution < -0.4 is 4.74 Å². The fourth-order valence-electron chi connectivity index (χ4n) is 5.01. The van der Waals surface area contributed by atoms with Crippen LogP contribution in [0.4, 0.5) is 26.3 Å². The molecular formula is C27H31F6N5O6. The van der Waals surface area contributed by atoms with E-state index in [0.717, 1.165) is 80.0 Å². The number of benzene rings is 1. The Labute approximate surface area is 247 Å². The number of ether oxygens (including phenoxy) is 1. The van der Waals surface area contributed by atoms with Gasteiger partial charge in [0.2, 0.25) is 0 Å². The first kappa shape index (κ1) is 34.4. The molecule has 5 rings (SSSR count). The summed E-state index contributed by atoms with van der Waals surface area (Å²) in [5.74, 6) is -0.604. The zero-order chi connectivity index (χ0) is 32.9. The lowest BCUT2D eigenvalue weighted by Crippen LogP contribution is -2.55. The summed E-state index contributed by atoms with van der Waals surface area (Å²) in [6.07, 6.45) is -8.02. The van der Waals surface area contributed by atoms with Crippen molar-refractivity contribution in [2.75, 3.05) is 33.8 Å². The van der Waals surface area contributed by atoms with Crippen LogP contribution in [0.2, 0.25) is 0 Å². The van der Waals surface area contributed by atoms with Crippen LogP contribution in [0.5, 0.6) is 5.75 Å². The Morgan fingerprint density at radius 2 is 1.50 bits per heavy atom. The molecule has 1 aromatic carbocycles. The van der Waals surface area contributed by atoms with E-state index in [1.54, 1.807) is 7.11 Å². The van der Waals surface area contributed by atoms with Gasteiger partial charge in [-0.25, -0.2) is 9.59 Å². The van der Waals surface area contributed by atoms with E-state index in [-0.39, 0.29) is 5.54 Å². The highest BCUT2D eigenvalue weighted by atomic mass is 19.4. The molecule has 2 aromatic heterocycles. The van der Waals surface area contributed by atoms with Crippen LogP contribution in [0.3, 0.4) is 0 Å². The Hall–Kier alpha value is -4.12. The highest BCUT2D eigenvalue weighted by molar-refractivity contribution is 5.73. The van der Waals surface area contributed by atoms with E-state index in [9.17, 15) is 26.3 Å². The van der Waals surface area contributed by atoms with Gasteiger partial charge >= 0.3 is 24.3 Å². The molecule has 0 aliphatic carbocycles. The summed E-state index contributed by atoms with van der Waals surface area (Å²) >= 11 is 0. The molecule has 3 aromatic rings. The third-order valence-electron chi connectivity index (χ3n) is 6.98. The van der Waals surface area contributed by atoms with Crippen LogP contribution in [0.1, 0.15) is 30.2 Å². The van der Waals surface area contributed by atoms with E-state index in [0.29, 0.717) is 0 Å². The number of fused-ring (bicyclic) bond motifs is 2. The Kier molecular flexibility index (Phi) is 10.7. The fraction of sp³-hybridized carbons (Fsp3) is 0.481. The summed E-state index contributed by atoms with van der Waals surface area (Å²) in [7, 11) is 3.88. The monoisotopic (exact) mass is 635 g/mol. The number of carbonyl (C=O) groups is 2. The highest BCUT2D eigenvalue weighted by Crippen LogP contribution is 2.39. The van der Waals surface area contributed by atoms with E-state index in [4.69, 9.17) is 29.0 Å². The summed E-state index contributed by atoms with van der Waals surface area (Å²) in [6, 6.07) is 12.3. The summed E-state index contributed by atoms with van der Waals surface area (Å²) in [6.45, 7) is 6.80. The average molecular weight is 636 g/mol. The summed E-state index contributed by atoms with van der Waals surface area (Å²) in [5, 5.41) is 23.4. The van der Waals surface area contributed by atoms with Gasteiger partial charge < -0.3 is 23.9 Å². The topological polar surface area (TPSA) is 134 Å². The maximum Gasteiger partial charge on any atom is 0.490 e. The van der Waals surface area contributed by atoms with Crippen molar-refractivity contribution in [2.24, 2.45) is 0 Å². The van der Waals surface area contributed by atoms with Crippen LogP contribution >= 0.6 is 0 Å². The zero-order valence-corrected chi connectivity index (χ0v) is 23.9. The lowest BCUT2D eigenvalue weighted by Gasteiger charge is -2.48. The molecule has 2 N–H and O–H groups in total. The van der Waals surface area contributed by atoms with E-state index < -0.39 is 24.3 Å². The summed E-state index contributed by atoms with van der Waals surface area (Å²) in [5.41, 5.74) is 1.11. The minimum atomic E-state index is -5.08. The van der Waals surface area contributed by atoms with E-state index in [1.165, 1.54) is 0 Å². The number of nitrogens with zero attached hydrogens (tertiary/aromatic N) is 5. The molecule has 2 aliphatic rings.